The van der Waals surface area contributed by atoms with Gasteiger partial charge in [-0.25, -0.2) is 4.98 Å². The summed E-state index contributed by atoms with van der Waals surface area (Å²) in [5, 5.41) is 4.45. The number of hydrogen-bond acceptors (Lipinski definition) is 6. The maximum atomic E-state index is 12.9. The van der Waals surface area contributed by atoms with Crippen molar-refractivity contribution in [1.29, 1.82) is 0 Å². The van der Waals surface area contributed by atoms with Gasteiger partial charge in [0.2, 0.25) is 0 Å². The van der Waals surface area contributed by atoms with Gasteiger partial charge >= 0.3 is 0 Å². The molecule has 1 saturated heterocycles. The summed E-state index contributed by atoms with van der Waals surface area (Å²) in [4.78, 5) is 32.0. The van der Waals surface area contributed by atoms with Crippen LogP contribution in [0.5, 0.6) is 5.75 Å². The molecule has 1 aliphatic rings. The Morgan fingerprint density at radius 3 is 2.41 bits per heavy atom. The van der Waals surface area contributed by atoms with Gasteiger partial charge < -0.3 is 9.64 Å². The monoisotopic (exact) mass is 478 g/mol. The van der Waals surface area contributed by atoms with Gasteiger partial charge in [0.05, 0.1) is 16.8 Å². The first-order valence-electron chi connectivity index (χ1n) is 11.5. The summed E-state index contributed by atoms with van der Waals surface area (Å²) in [6, 6.07) is 17.0. The summed E-state index contributed by atoms with van der Waals surface area (Å²) in [6.45, 7) is 5.30. The molecule has 4 rings (SSSR count). The largest absolute Gasteiger partial charge is 0.491 e. The van der Waals surface area contributed by atoms with E-state index in [2.05, 4.69) is 10.4 Å². The van der Waals surface area contributed by atoms with Gasteiger partial charge in [0, 0.05) is 37.0 Å². The molecule has 178 valence electrons. The molecule has 2 amide bonds. The van der Waals surface area contributed by atoms with E-state index in [4.69, 9.17) is 4.74 Å². The van der Waals surface area contributed by atoms with Crippen molar-refractivity contribution in [2.75, 3.05) is 25.1 Å². The molecule has 2 heterocycles. The molecule has 0 bridgehead atoms. The van der Waals surface area contributed by atoms with E-state index in [1.165, 1.54) is 11.3 Å². The minimum atomic E-state index is -0.230. The Bertz CT molecular complexity index is 1110. The number of rotatable bonds is 7. The summed E-state index contributed by atoms with van der Waals surface area (Å²) in [6.07, 6.45) is 1.76. The number of anilines is 1. The van der Waals surface area contributed by atoms with Crippen molar-refractivity contribution in [2.45, 2.75) is 38.7 Å². The molecule has 1 aliphatic heterocycles. The van der Waals surface area contributed by atoms with E-state index < -0.39 is 0 Å². The number of likely N-dealkylation sites (tertiary alicyclic amines) is 1. The topological polar surface area (TPSA) is 74.8 Å². The van der Waals surface area contributed by atoms with Crippen LogP contribution in [0.25, 0.3) is 0 Å². The van der Waals surface area contributed by atoms with Crippen LogP contribution in [-0.4, -0.2) is 47.9 Å². The van der Waals surface area contributed by atoms with Crippen molar-refractivity contribution in [3.8, 4) is 5.75 Å². The smallest absolute Gasteiger partial charge is 0.289 e. The third-order valence-electron chi connectivity index (χ3n) is 5.77. The van der Waals surface area contributed by atoms with Crippen molar-refractivity contribution in [3.63, 3.8) is 0 Å². The van der Waals surface area contributed by atoms with Gasteiger partial charge in [0.1, 0.15) is 11.4 Å². The second kappa shape index (κ2) is 10.7. The number of para-hydroxylation sites is 1. The quantitative estimate of drug-likeness (QED) is 0.497. The lowest BCUT2D eigenvalue weighted by Crippen LogP contribution is -2.39. The maximum absolute atomic E-state index is 12.9. The van der Waals surface area contributed by atoms with Crippen LogP contribution in [0.2, 0.25) is 0 Å². The van der Waals surface area contributed by atoms with Gasteiger partial charge in [0.25, 0.3) is 11.8 Å². The number of piperidine rings is 1. The Labute approximate surface area is 204 Å². The zero-order valence-corrected chi connectivity index (χ0v) is 20.5. The molecule has 0 unspecified atom stereocenters. The highest BCUT2D eigenvalue weighted by molar-refractivity contribution is 7.09. The number of ether oxygens (including phenoxy) is 1. The first-order valence-corrected chi connectivity index (χ1v) is 12.4. The minimum Gasteiger partial charge on any atom is -0.491 e. The Kier molecular flexibility index (Phi) is 7.47. The summed E-state index contributed by atoms with van der Waals surface area (Å²) in [5.41, 5.74) is 4.85. The van der Waals surface area contributed by atoms with E-state index in [0.717, 1.165) is 29.3 Å². The first-order chi connectivity index (χ1) is 16.4. The fourth-order valence-electron chi connectivity index (χ4n) is 3.97. The Morgan fingerprint density at radius 2 is 1.76 bits per heavy atom. The molecule has 34 heavy (non-hydrogen) atoms. The van der Waals surface area contributed by atoms with E-state index in [1.807, 2.05) is 78.7 Å². The number of aromatic nitrogens is 1. The number of amides is 2. The minimum absolute atomic E-state index is 0.0395. The van der Waals surface area contributed by atoms with Crippen molar-refractivity contribution >= 4 is 28.8 Å². The Morgan fingerprint density at radius 1 is 1.09 bits per heavy atom. The normalized spacial score (nSPS) is 14.2. The summed E-state index contributed by atoms with van der Waals surface area (Å²) in [7, 11) is 1.80. The molecular weight excluding hydrogens is 448 g/mol. The lowest BCUT2D eigenvalue weighted by Gasteiger charge is -2.31. The van der Waals surface area contributed by atoms with Gasteiger partial charge in [-0.2, -0.15) is 0 Å². The first kappa shape index (κ1) is 23.8. The van der Waals surface area contributed by atoms with Crippen molar-refractivity contribution in [2.24, 2.45) is 0 Å². The van der Waals surface area contributed by atoms with Gasteiger partial charge in [0.15, 0.2) is 0 Å². The van der Waals surface area contributed by atoms with Gasteiger partial charge in [-0.3, -0.25) is 20.0 Å². The second-order valence-corrected chi connectivity index (χ2v) is 9.55. The summed E-state index contributed by atoms with van der Waals surface area (Å²) in [5.74, 6) is 0.831. The second-order valence-electron chi connectivity index (χ2n) is 8.66. The predicted molar refractivity (Wildman–Crippen MR) is 135 cm³/mol. The third-order valence-corrected chi connectivity index (χ3v) is 6.78. The van der Waals surface area contributed by atoms with Crippen LogP contribution in [-0.2, 0) is 0 Å². The summed E-state index contributed by atoms with van der Waals surface area (Å²) >= 11 is 1.51. The number of benzene rings is 2. The molecule has 7 nitrogen and oxygen atoms in total. The lowest BCUT2D eigenvalue weighted by molar-refractivity contribution is 0.0713. The van der Waals surface area contributed by atoms with Crippen molar-refractivity contribution in [1.82, 2.24) is 15.3 Å². The number of thiazole rings is 1. The molecule has 0 radical (unpaired) electrons. The van der Waals surface area contributed by atoms with Crippen LogP contribution in [0.15, 0.2) is 60.0 Å². The molecule has 8 heteroatoms. The zero-order chi connectivity index (χ0) is 24.1. The third kappa shape index (κ3) is 5.75. The van der Waals surface area contributed by atoms with E-state index in [-0.39, 0.29) is 23.8 Å². The predicted octanol–water partition coefficient (Wildman–Crippen LogP) is 4.73. The van der Waals surface area contributed by atoms with E-state index in [1.54, 1.807) is 12.1 Å². The fourth-order valence-corrected chi connectivity index (χ4v) is 4.94. The van der Waals surface area contributed by atoms with Crippen LogP contribution < -0.4 is 15.2 Å². The highest BCUT2D eigenvalue weighted by atomic mass is 32.1. The van der Waals surface area contributed by atoms with E-state index in [9.17, 15) is 9.59 Å². The van der Waals surface area contributed by atoms with Crippen LogP contribution in [0.3, 0.4) is 0 Å². The number of nitrogens with one attached hydrogen (secondary N) is 1. The van der Waals surface area contributed by atoms with Crippen molar-refractivity contribution in [3.05, 3.63) is 76.2 Å². The zero-order valence-electron chi connectivity index (χ0n) is 19.7. The molecule has 3 aromatic rings. The molecule has 0 spiro atoms. The highest BCUT2D eigenvalue weighted by Gasteiger charge is 2.27. The molecule has 2 aromatic carbocycles. The molecule has 1 fully saturated rings. The number of carbonyl (C=O) groups excluding carboxylic acids is 2. The van der Waals surface area contributed by atoms with Crippen LogP contribution >= 0.6 is 11.3 Å². The van der Waals surface area contributed by atoms with E-state index in [0.29, 0.717) is 24.3 Å². The molecule has 0 saturated carbocycles. The number of carbonyl (C=O) groups is 2. The molecule has 1 aromatic heterocycles. The number of nitrogens with zero attached hydrogens (tertiary/aromatic N) is 3. The Balaban J connectivity index is 1.30. The Hall–Kier alpha value is -3.39. The van der Waals surface area contributed by atoms with Crippen molar-refractivity contribution < 1.29 is 14.3 Å². The lowest BCUT2D eigenvalue weighted by atomic mass is 9.97. The number of hydrogen-bond donors (Lipinski definition) is 1. The van der Waals surface area contributed by atoms with Gasteiger partial charge in [-0.05, 0) is 63.1 Å². The van der Waals surface area contributed by atoms with Crippen LogP contribution in [0, 0.1) is 0 Å². The number of hydrazine groups is 1. The van der Waals surface area contributed by atoms with Crippen LogP contribution in [0.1, 0.15) is 58.5 Å². The highest BCUT2D eigenvalue weighted by Crippen LogP contribution is 2.31. The maximum Gasteiger partial charge on any atom is 0.289 e. The van der Waals surface area contributed by atoms with E-state index >= 15 is 0 Å². The molecule has 0 atom stereocenters. The average Bonchev–Trinajstić information content (AvgIpc) is 3.35. The van der Waals surface area contributed by atoms with Gasteiger partial charge in [-0.1, -0.05) is 18.2 Å². The van der Waals surface area contributed by atoms with Gasteiger partial charge in [-0.15, -0.1) is 11.3 Å². The SMILES string of the molecule is CC(C)Oc1ccc(C(=O)N2CCC(c3nc(C(=O)NN(C)c4ccccc4)cs3)CC2)cc1. The average molecular weight is 479 g/mol. The standard InChI is InChI=1S/C26H30N4O3S/c1-18(2)33-22-11-9-20(10-12-22)26(32)30-15-13-19(14-16-30)25-27-23(17-34-25)24(31)28-29(3)21-7-5-4-6-8-21/h4-12,17-19H,13-16H2,1-3H3,(H,28,31). The molecule has 1 N–H and O–H groups in total. The summed E-state index contributed by atoms with van der Waals surface area (Å²) < 4.78 is 5.66. The fraction of sp³-hybridized carbons (Fsp3) is 0.346. The van der Waals surface area contributed by atoms with Crippen LogP contribution in [0.4, 0.5) is 5.69 Å². The molecular formula is C26H30N4O3S. The molecule has 0 aliphatic carbocycles.